The SMILES string of the molecule is Cc1nc(C)n(CC(=O)N2CCc3onc(Nc4c(C)cccc4C)c3C2)n1. The van der Waals surface area contributed by atoms with Gasteiger partial charge < -0.3 is 14.7 Å². The van der Waals surface area contributed by atoms with Gasteiger partial charge in [-0.05, 0) is 38.8 Å². The van der Waals surface area contributed by atoms with Crippen LogP contribution >= 0.6 is 0 Å². The Morgan fingerprint density at radius 3 is 2.64 bits per heavy atom. The van der Waals surface area contributed by atoms with Crippen LogP contribution in [0.1, 0.15) is 34.1 Å². The van der Waals surface area contributed by atoms with E-state index < -0.39 is 0 Å². The number of aryl methyl sites for hydroxylation is 4. The minimum Gasteiger partial charge on any atom is -0.359 e. The van der Waals surface area contributed by atoms with E-state index in [1.54, 1.807) is 4.68 Å². The fourth-order valence-corrected chi connectivity index (χ4v) is 3.59. The zero-order valence-corrected chi connectivity index (χ0v) is 16.6. The fraction of sp³-hybridized carbons (Fsp3) is 0.400. The summed E-state index contributed by atoms with van der Waals surface area (Å²) in [6, 6.07) is 6.14. The van der Waals surface area contributed by atoms with E-state index in [4.69, 9.17) is 4.52 Å². The summed E-state index contributed by atoms with van der Waals surface area (Å²) < 4.78 is 7.18. The molecule has 0 saturated carbocycles. The second-order valence-corrected chi connectivity index (χ2v) is 7.25. The van der Waals surface area contributed by atoms with Gasteiger partial charge in [0.15, 0.2) is 5.82 Å². The number of benzene rings is 1. The van der Waals surface area contributed by atoms with Crippen LogP contribution in [0.15, 0.2) is 22.7 Å². The Morgan fingerprint density at radius 2 is 1.96 bits per heavy atom. The monoisotopic (exact) mass is 380 g/mol. The number of hydrogen-bond donors (Lipinski definition) is 1. The number of carbonyl (C=O) groups is 1. The highest BCUT2D eigenvalue weighted by Crippen LogP contribution is 2.30. The first-order chi connectivity index (χ1) is 13.4. The highest BCUT2D eigenvalue weighted by atomic mass is 16.5. The topological polar surface area (TPSA) is 89.1 Å². The number of amides is 1. The predicted molar refractivity (Wildman–Crippen MR) is 104 cm³/mol. The standard InChI is InChI=1S/C20H24N6O2/c1-12-6-5-7-13(2)19(12)22-20-16-10-25(9-8-17(16)28-24-20)18(27)11-26-15(4)21-14(3)23-26/h5-7H,8-11H2,1-4H3,(H,22,24). The van der Waals surface area contributed by atoms with Crippen LogP contribution < -0.4 is 5.32 Å². The highest BCUT2D eigenvalue weighted by Gasteiger charge is 2.28. The Morgan fingerprint density at radius 1 is 1.21 bits per heavy atom. The first-order valence-corrected chi connectivity index (χ1v) is 9.39. The number of para-hydroxylation sites is 1. The summed E-state index contributed by atoms with van der Waals surface area (Å²) in [6.07, 6.45) is 0.651. The molecule has 146 valence electrons. The largest absolute Gasteiger partial charge is 0.359 e. The third-order valence-electron chi connectivity index (χ3n) is 5.15. The lowest BCUT2D eigenvalue weighted by atomic mass is 10.1. The molecule has 1 amide bonds. The molecule has 1 N–H and O–H groups in total. The van der Waals surface area contributed by atoms with E-state index in [0.717, 1.165) is 34.0 Å². The zero-order valence-electron chi connectivity index (χ0n) is 16.6. The third kappa shape index (κ3) is 3.37. The van der Waals surface area contributed by atoms with Gasteiger partial charge in [0.2, 0.25) is 5.91 Å². The molecule has 8 nitrogen and oxygen atoms in total. The van der Waals surface area contributed by atoms with E-state index >= 15 is 0 Å². The molecule has 1 aromatic carbocycles. The molecule has 0 spiro atoms. The zero-order chi connectivity index (χ0) is 19.8. The summed E-state index contributed by atoms with van der Waals surface area (Å²) >= 11 is 0. The summed E-state index contributed by atoms with van der Waals surface area (Å²) in [5, 5.41) is 11.9. The Kier molecular flexibility index (Phi) is 4.62. The van der Waals surface area contributed by atoms with E-state index in [0.29, 0.717) is 31.2 Å². The summed E-state index contributed by atoms with van der Waals surface area (Å²) in [5.41, 5.74) is 4.24. The van der Waals surface area contributed by atoms with E-state index in [9.17, 15) is 4.79 Å². The molecule has 8 heteroatoms. The van der Waals surface area contributed by atoms with Gasteiger partial charge in [0.25, 0.3) is 0 Å². The van der Waals surface area contributed by atoms with Gasteiger partial charge in [-0.2, -0.15) is 5.10 Å². The van der Waals surface area contributed by atoms with E-state index in [-0.39, 0.29) is 12.5 Å². The van der Waals surface area contributed by atoms with Crippen molar-refractivity contribution in [3.63, 3.8) is 0 Å². The van der Waals surface area contributed by atoms with Crippen LogP contribution in [0, 0.1) is 27.7 Å². The van der Waals surface area contributed by atoms with Crippen molar-refractivity contribution >= 4 is 17.4 Å². The van der Waals surface area contributed by atoms with Gasteiger partial charge in [-0.1, -0.05) is 23.4 Å². The first kappa shape index (κ1) is 18.2. The van der Waals surface area contributed by atoms with Crippen molar-refractivity contribution in [1.82, 2.24) is 24.8 Å². The maximum atomic E-state index is 12.8. The molecule has 1 aliphatic heterocycles. The minimum absolute atomic E-state index is 0.0119. The lowest BCUT2D eigenvalue weighted by Gasteiger charge is -2.26. The number of nitrogens with one attached hydrogen (secondary N) is 1. The normalized spacial score (nSPS) is 13.5. The number of carbonyl (C=O) groups excluding carboxylic acids is 1. The summed E-state index contributed by atoms with van der Waals surface area (Å²) in [5.74, 6) is 2.94. The van der Waals surface area contributed by atoms with Gasteiger partial charge in [0, 0.05) is 18.7 Å². The lowest BCUT2D eigenvalue weighted by molar-refractivity contribution is -0.133. The van der Waals surface area contributed by atoms with E-state index in [2.05, 4.69) is 46.5 Å². The smallest absolute Gasteiger partial charge is 0.244 e. The second-order valence-electron chi connectivity index (χ2n) is 7.25. The quantitative estimate of drug-likeness (QED) is 0.749. The molecule has 0 saturated heterocycles. The van der Waals surface area contributed by atoms with Gasteiger partial charge in [-0.25, -0.2) is 9.67 Å². The van der Waals surface area contributed by atoms with Crippen LogP contribution in [0.2, 0.25) is 0 Å². The number of fused-ring (bicyclic) bond motifs is 1. The molecule has 28 heavy (non-hydrogen) atoms. The van der Waals surface area contributed by atoms with Crippen LogP contribution in [-0.4, -0.2) is 37.3 Å². The predicted octanol–water partition coefficient (Wildman–Crippen LogP) is 2.83. The van der Waals surface area contributed by atoms with Crippen LogP contribution in [0.4, 0.5) is 11.5 Å². The van der Waals surface area contributed by atoms with Gasteiger partial charge in [0.05, 0.1) is 12.1 Å². The lowest BCUT2D eigenvalue weighted by Crippen LogP contribution is -2.38. The van der Waals surface area contributed by atoms with Crippen LogP contribution in [-0.2, 0) is 24.3 Å². The van der Waals surface area contributed by atoms with Crippen LogP contribution in [0.3, 0.4) is 0 Å². The molecular formula is C20H24N6O2. The second kappa shape index (κ2) is 7.10. The molecule has 2 aromatic heterocycles. The Hall–Kier alpha value is -3.16. The van der Waals surface area contributed by atoms with E-state index in [1.165, 1.54) is 0 Å². The minimum atomic E-state index is 0.0119. The van der Waals surface area contributed by atoms with Crippen molar-refractivity contribution in [2.45, 2.75) is 47.2 Å². The van der Waals surface area contributed by atoms with Crippen molar-refractivity contribution in [2.24, 2.45) is 0 Å². The van der Waals surface area contributed by atoms with Crippen molar-refractivity contribution in [2.75, 3.05) is 11.9 Å². The number of aromatic nitrogens is 4. The van der Waals surface area contributed by atoms with E-state index in [1.807, 2.05) is 24.8 Å². The van der Waals surface area contributed by atoms with Gasteiger partial charge >= 0.3 is 0 Å². The number of hydrogen-bond acceptors (Lipinski definition) is 6. The van der Waals surface area contributed by atoms with Crippen molar-refractivity contribution in [3.8, 4) is 0 Å². The van der Waals surface area contributed by atoms with Crippen molar-refractivity contribution in [1.29, 1.82) is 0 Å². The number of rotatable bonds is 4. The molecule has 0 unspecified atom stereocenters. The van der Waals surface area contributed by atoms with Gasteiger partial charge in [-0.3, -0.25) is 4.79 Å². The average molecular weight is 380 g/mol. The first-order valence-electron chi connectivity index (χ1n) is 9.39. The van der Waals surface area contributed by atoms with Gasteiger partial charge in [-0.15, -0.1) is 0 Å². The molecule has 3 aromatic rings. The molecular weight excluding hydrogens is 356 g/mol. The molecule has 0 aliphatic carbocycles. The molecule has 0 radical (unpaired) electrons. The number of anilines is 2. The fourth-order valence-electron chi connectivity index (χ4n) is 3.59. The summed E-state index contributed by atoms with van der Waals surface area (Å²) in [4.78, 5) is 18.9. The molecule has 0 bridgehead atoms. The summed E-state index contributed by atoms with van der Waals surface area (Å²) in [6.45, 7) is 9.05. The molecule has 0 atom stereocenters. The highest BCUT2D eigenvalue weighted by molar-refractivity contribution is 5.77. The summed E-state index contributed by atoms with van der Waals surface area (Å²) in [7, 11) is 0. The van der Waals surface area contributed by atoms with Gasteiger partial charge in [0.1, 0.15) is 24.0 Å². The third-order valence-corrected chi connectivity index (χ3v) is 5.15. The average Bonchev–Trinajstić information content (AvgIpc) is 3.20. The maximum absolute atomic E-state index is 12.8. The number of nitrogens with zero attached hydrogens (tertiary/aromatic N) is 5. The Balaban J connectivity index is 1.53. The Labute approximate surface area is 163 Å². The van der Waals surface area contributed by atoms with Crippen LogP contribution in [0.5, 0.6) is 0 Å². The van der Waals surface area contributed by atoms with Crippen molar-refractivity contribution < 1.29 is 9.32 Å². The van der Waals surface area contributed by atoms with Crippen molar-refractivity contribution in [3.05, 3.63) is 52.3 Å². The molecule has 4 rings (SSSR count). The maximum Gasteiger partial charge on any atom is 0.244 e. The van der Waals surface area contributed by atoms with Crippen LogP contribution in [0.25, 0.3) is 0 Å². The molecule has 3 heterocycles. The molecule has 0 fully saturated rings. The Bertz CT molecular complexity index is 1020. The molecule has 1 aliphatic rings.